The van der Waals surface area contributed by atoms with Gasteiger partial charge in [0.2, 0.25) is 0 Å². The van der Waals surface area contributed by atoms with E-state index in [1.807, 2.05) is 34.6 Å². The van der Waals surface area contributed by atoms with Crippen LogP contribution in [-0.2, 0) is 14.1 Å². The van der Waals surface area contributed by atoms with Gasteiger partial charge in [-0.15, -0.1) is 0 Å². The average Bonchev–Trinajstić information content (AvgIpc) is 2.42. The Morgan fingerprint density at radius 1 is 1.17 bits per heavy atom. The van der Waals surface area contributed by atoms with Crippen LogP contribution in [0, 0.1) is 5.41 Å². The Kier molecular flexibility index (Phi) is 34.0. The molecule has 5 nitrogen and oxygen atoms in total. The van der Waals surface area contributed by atoms with Gasteiger partial charge in [-0.1, -0.05) is 66.6 Å². The van der Waals surface area contributed by atoms with E-state index in [2.05, 4.69) is 23.3 Å². The lowest BCUT2D eigenvalue weighted by Crippen LogP contribution is -2.17. The van der Waals surface area contributed by atoms with Crippen molar-refractivity contribution < 1.29 is 19.2 Å². The minimum Gasteiger partial charge on any atom is -0.397 e. The third-order valence-corrected chi connectivity index (χ3v) is 2.90. The van der Waals surface area contributed by atoms with Crippen molar-refractivity contribution in [3.05, 3.63) is 0 Å². The third-order valence-electron chi connectivity index (χ3n) is 1.42. The minimum atomic E-state index is -0.256. The van der Waals surface area contributed by atoms with E-state index in [1.54, 1.807) is 6.92 Å². The number of hydrogen-bond donors (Lipinski definition) is 2. The van der Waals surface area contributed by atoms with Crippen molar-refractivity contribution in [1.82, 2.24) is 0 Å². The molecule has 0 aliphatic rings. The van der Waals surface area contributed by atoms with E-state index < -0.39 is 0 Å². The molecule has 0 heterocycles. The van der Waals surface area contributed by atoms with Crippen LogP contribution in [0.5, 0.6) is 0 Å². The van der Waals surface area contributed by atoms with E-state index >= 15 is 0 Å². The summed E-state index contributed by atoms with van der Waals surface area (Å²) >= 11 is 1.33. The van der Waals surface area contributed by atoms with Crippen molar-refractivity contribution in [3.63, 3.8) is 0 Å². The summed E-state index contributed by atoms with van der Waals surface area (Å²) < 4.78 is 9.97. The number of aliphatic hydroxyl groups is 1. The lowest BCUT2D eigenvalue weighted by molar-refractivity contribution is -0.117. The molecule has 7 heteroatoms. The normalized spacial score (nSPS) is 9.83. The van der Waals surface area contributed by atoms with E-state index in [-0.39, 0.29) is 17.1 Å². The second kappa shape index (κ2) is 25.5. The Morgan fingerprint density at radius 2 is 1.54 bits per heavy atom. The molecule has 0 radical (unpaired) electrons. The van der Waals surface area contributed by atoms with Crippen LogP contribution in [0.1, 0.15) is 61.8 Å². The lowest BCUT2D eigenvalue weighted by Gasteiger charge is -2.15. The zero-order valence-corrected chi connectivity index (χ0v) is 19.0. The number of hydrogen-bond acceptors (Lipinski definition) is 6. The minimum absolute atomic E-state index is 0.211. The molecule has 0 saturated carbocycles. The quantitative estimate of drug-likeness (QED) is 0.532. The van der Waals surface area contributed by atoms with Crippen molar-refractivity contribution in [2.75, 3.05) is 32.2 Å². The van der Waals surface area contributed by atoms with Gasteiger partial charge in [-0.05, 0) is 13.0 Å². The Balaban J connectivity index is -0.000000164. The topological polar surface area (TPSA) is 81.8 Å². The summed E-state index contributed by atoms with van der Waals surface area (Å²) in [5, 5.41) is 7.78. The molecule has 0 aliphatic heterocycles. The van der Waals surface area contributed by atoms with Crippen molar-refractivity contribution in [2.24, 2.45) is 11.1 Å². The van der Waals surface area contributed by atoms with Gasteiger partial charge >= 0.3 is 0 Å². The van der Waals surface area contributed by atoms with Gasteiger partial charge in [-0.3, -0.25) is 4.79 Å². The van der Waals surface area contributed by atoms with Crippen LogP contribution in [0.25, 0.3) is 0 Å². The molecule has 1 unspecified atom stereocenters. The largest absolute Gasteiger partial charge is 0.397 e. The maximum atomic E-state index is 11.4. The zero-order chi connectivity index (χ0) is 20.0. The van der Waals surface area contributed by atoms with Crippen molar-refractivity contribution in [2.45, 2.75) is 67.9 Å². The molecule has 0 amide bonds. The van der Waals surface area contributed by atoms with Crippen LogP contribution < -0.4 is 5.73 Å². The highest BCUT2D eigenvalue weighted by molar-refractivity contribution is 8.13. The number of carbonyl (C=O) groups excluding carboxylic acids is 1. The van der Waals surface area contributed by atoms with Crippen molar-refractivity contribution in [1.29, 1.82) is 0 Å². The number of ether oxygens (including phenoxy) is 1. The first-order valence-corrected chi connectivity index (χ1v) is 9.93. The molecular weight excluding hydrogens is 345 g/mol. The van der Waals surface area contributed by atoms with E-state index in [4.69, 9.17) is 20.1 Å². The summed E-state index contributed by atoms with van der Waals surface area (Å²) in [7, 11) is 2.17. The first kappa shape index (κ1) is 32.0. The fraction of sp³-hybridized carbons (Fsp3) is 0.941. The molecule has 0 saturated heterocycles. The molecule has 0 aromatic heterocycles. The second-order valence-electron chi connectivity index (χ2n) is 6.14. The monoisotopic (exact) mass is 387 g/mol. The van der Waals surface area contributed by atoms with Crippen LogP contribution in [0.3, 0.4) is 0 Å². The predicted octanol–water partition coefficient (Wildman–Crippen LogP) is 3.88. The van der Waals surface area contributed by atoms with Crippen LogP contribution in [0.15, 0.2) is 0 Å². The maximum Gasteiger partial charge on any atom is 0.194 e. The van der Waals surface area contributed by atoms with Gasteiger partial charge < -0.3 is 20.1 Å². The molecule has 24 heavy (non-hydrogen) atoms. The smallest absolute Gasteiger partial charge is 0.194 e. The highest BCUT2D eigenvalue weighted by Crippen LogP contribution is 2.22. The van der Waals surface area contributed by atoms with E-state index in [9.17, 15) is 4.79 Å². The van der Waals surface area contributed by atoms with Crippen LogP contribution in [-0.4, -0.2) is 48.4 Å². The molecule has 150 valence electrons. The van der Waals surface area contributed by atoms with E-state index in [0.717, 1.165) is 0 Å². The van der Waals surface area contributed by atoms with Crippen LogP contribution >= 0.6 is 21.2 Å². The molecule has 3 N–H and O–H groups in total. The first-order chi connectivity index (χ1) is 11.0. The molecule has 0 aromatic carbocycles. The van der Waals surface area contributed by atoms with Gasteiger partial charge in [0.1, 0.15) is 0 Å². The van der Waals surface area contributed by atoms with Crippen molar-refractivity contribution in [3.8, 4) is 0 Å². The summed E-state index contributed by atoms with van der Waals surface area (Å²) in [6.07, 6.45) is 1.25. The average molecular weight is 388 g/mol. The number of aliphatic hydroxyl groups excluding tert-OH is 1. The molecule has 0 aliphatic carbocycles. The fourth-order valence-electron chi connectivity index (χ4n) is 0.619. The molecule has 0 fully saturated rings. The molecule has 0 spiro atoms. The Morgan fingerprint density at radius 3 is 1.83 bits per heavy atom. The molecule has 0 aromatic rings. The van der Waals surface area contributed by atoms with Gasteiger partial charge in [-0.2, -0.15) is 0 Å². The lowest BCUT2D eigenvalue weighted by atomic mass is 10.00. The summed E-state index contributed by atoms with van der Waals surface area (Å²) in [6.45, 7) is 17.6. The van der Waals surface area contributed by atoms with Gasteiger partial charge in [0.25, 0.3) is 0 Å². The molecule has 0 rings (SSSR count). The van der Waals surface area contributed by atoms with Gasteiger partial charge in [0.05, 0.1) is 19.8 Å². The fourth-order valence-corrected chi connectivity index (χ4v) is 1.53. The number of carbonyl (C=O) groups is 1. The number of rotatable bonds is 6. The van der Waals surface area contributed by atoms with Gasteiger partial charge in [-0.25, -0.2) is 0 Å². The number of nitrogens with two attached hydrogens (primary N) is 1. The summed E-state index contributed by atoms with van der Waals surface area (Å²) in [5.41, 5.74) is 4.85. The highest BCUT2D eigenvalue weighted by atomic mass is 32.2. The second-order valence-corrected chi connectivity index (χ2v) is 7.54. The van der Waals surface area contributed by atoms with Crippen molar-refractivity contribution >= 4 is 26.3 Å². The van der Waals surface area contributed by atoms with Gasteiger partial charge in [0, 0.05) is 27.2 Å². The SMILES string of the molecule is CC(C)(C)C(=O)SCCOCCOP.CC(C)N.CCC.CCO. The summed E-state index contributed by atoms with van der Waals surface area (Å²) in [4.78, 5) is 11.4. The summed E-state index contributed by atoms with van der Waals surface area (Å²) in [6, 6.07) is 0.333. The summed E-state index contributed by atoms with van der Waals surface area (Å²) in [5.74, 6) is 0.715. The third kappa shape index (κ3) is 49.5. The standard InChI is InChI=1S/C9H19O3PS.C3H9N.C3H8.C2H6O/c1-9(2,3)8(10)14-7-6-11-4-5-12-13;1-3(2)4;1-3-2;1-2-3/h4-7,13H2,1-3H3;3H,4H2,1-2H3;3H2,1-2H3;3H,2H2,1H3. The zero-order valence-electron chi connectivity index (χ0n) is 17.1. The van der Waals surface area contributed by atoms with Crippen LogP contribution in [0.4, 0.5) is 0 Å². The number of thioether (sulfide) groups is 1. The Hall–Kier alpha value is 0.290. The molecule has 0 bridgehead atoms. The first-order valence-electron chi connectivity index (χ1n) is 8.47. The van der Waals surface area contributed by atoms with Gasteiger partial charge in [0.15, 0.2) is 5.12 Å². The van der Waals surface area contributed by atoms with Crippen LogP contribution in [0.2, 0.25) is 0 Å². The predicted molar refractivity (Wildman–Crippen MR) is 111 cm³/mol. The Labute approximate surface area is 157 Å². The van der Waals surface area contributed by atoms with E-state index in [1.165, 1.54) is 18.2 Å². The Bertz CT molecular complexity index is 232. The molecular formula is C17H42NO4PS. The highest BCUT2D eigenvalue weighted by Gasteiger charge is 2.20. The van der Waals surface area contributed by atoms with E-state index in [0.29, 0.717) is 31.6 Å². The molecule has 1 atom stereocenters. The maximum absolute atomic E-state index is 11.4.